The summed E-state index contributed by atoms with van der Waals surface area (Å²) in [6, 6.07) is 7.51. The van der Waals surface area contributed by atoms with Gasteiger partial charge in [0, 0.05) is 26.7 Å². The number of likely N-dealkylation sites (N-methyl/N-ethyl adjacent to an activating group) is 1. The molecule has 0 radical (unpaired) electrons. The van der Waals surface area contributed by atoms with Crippen LogP contribution in [-0.4, -0.2) is 62.2 Å². The van der Waals surface area contributed by atoms with Gasteiger partial charge in [-0.05, 0) is 24.1 Å². The van der Waals surface area contributed by atoms with Gasteiger partial charge in [-0.3, -0.25) is 9.69 Å². The predicted molar refractivity (Wildman–Crippen MR) is 81.4 cm³/mol. The summed E-state index contributed by atoms with van der Waals surface area (Å²) < 4.78 is 33.9. The third kappa shape index (κ3) is 5.44. The van der Waals surface area contributed by atoms with Gasteiger partial charge in [0.2, 0.25) is 5.91 Å². The summed E-state index contributed by atoms with van der Waals surface area (Å²) in [5.41, 5.74) is 1.00. The molecule has 1 saturated heterocycles. The average molecular weight is 328 g/mol. The van der Waals surface area contributed by atoms with Gasteiger partial charge in [0.25, 0.3) is 0 Å². The number of benzene rings is 1. The summed E-state index contributed by atoms with van der Waals surface area (Å²) in [6.07, 6.45) is 0.0366. The predicted octanol–water partition coefficient (Wildman–Crippen LogP) is 1.97. The van der Waals surface area contributed by atoms with Crippen molar-refractivity contribution in [3.8, 4) is 5.75 Å². The van der Waals surface area contributed by atoms with Crippen molar-refractivity contribution in [2.75, 3.05) is 33.8 Å². The quantitative estimate of drug-likeness (QED) is 0.767. The highest BCUT2D eigenvalue weighted by Crippen LogP contribution is 2.16. The highest BCUT2D eigenvalue weighted by molar-refractivity contribution is 5.78. The monoisotopic (exact) mass is 328 g/mol. The number of likely N-dealkylation sites (tertiary alicyclic amines) is 1. The zero-order chi connectivity index (χ0) is 16.8. The molecule has 1 heterocycles. The van der Waals surface area contributed by atoms with Crippen LogP contribution >= 0.6 is 0 Å². The normalized spacial score (nSPS) is 18.4. The maximum Gasteiger partial charge on any atom is 0.345 e. The second-order valence-electron chi connectivity index (χ2n) is 5.64. The number of hydrogen-bond donors (Lipinski definition) is 0. The number of halogens is 2. The Bertz CT molecular complexity index is 511. The number of amides is 1. The van der Waals surface area contributed by atoms with E-state index in [9.17, 15) is 13.6 Å². The smallest absolute Gasteiger partial charge is 0.345 e. The molecule has 1 aromatic carbocycles. The minimum atomic E-state index is -2.76. The molecule has 1 aliphatic heterocycles. The molecule has 0 spiro atoms. The van der Waals surface area contributed by atoms with E-state index < -0.39 is 12.7 Å². The van der Waals surface area contributed by atoms with Gasteiger partial charge in [-0.1, -0.05) is 12.1 Å². The van der Waals surface area contributed by atoms with Crippen LogP contribution in [0.5, 0.6) is 5.75 Å². The van der Waals surface area contributed by atoms with E-state index in [0.29, 0.717) is 26.1 Å². The number of methoxy groups -OCH3 is 1. The van der Waals surface area contributed by atoms with Crippen LogP contribution in [0.2, 0.25) is 0 Å². The maximum atomic E-state index is 12.2. The van der Waals surface area contributed by atoms with Crippen LogP contribution in [0.4, 0.5) is 8.78 Å². The largest absolute Gasteiger partial charge is 0.497 e. The first kappa shape index (κ1) is 17.6. The molecule has 1 aromatic rings. The van der Waals surface area contributed by atoms with Crippen molar-refractivity contribution in [3.05, 3.63) is 29.8 Å². The lowest BCUT2D eigenvalue weighted by molar-refractivity contribution is -0.158. The average Bonchev–Trinajstić information content (AvgIpc) is 2.94. The summed E-state index contributed by atoms with van der Waals surface area (Å²) in [4.78, 5) is 15.7. The van der Waals surface area contributed by atoms with E-state index in [1.54, 1.807) is 19.1 Å². The van der Waals surface area contributed by atoms with Crippen LogP contribution in [-0.2, 0) is 16.1 Å². The summed E-state index contributed by atoms with van der Waals surface area (Å²) in [5.74, 6) is 0.725. The Morgan fingerprint density at radius 2 is 2.09 bits per heavy atom. The van der Waals surface area contributed by atoms with Gasteiger partial charge in [0.1, 0.15) is 5.75 Å². The van der Waals surface area contributed by atoms with Crippen LogP contribution in [0.3, 0.4) is 0 Å². The molecule has 0 aromatic heterocycles. The van der Waals surface area contributed by atoms with E-state index in [1.165, 1.54) is 0 Å². The van der Waals surface area contributed by atoms with E-state index in [1.807, 2.05) is 29.2 Å². The molecule has 128 valence electrons. The van der Waals surface area contributed by atoms with Crippen molar-refractivity contribution in [1.29, 1.82) is 0 Å². The van der Waals surface area contributed by atoms with Crippen molar-refractivity contribution in [2.24, 2.45) is 0 Å². The van der Waals surface area contributed by atoms with Gasteiger partial charge < -0.3 is 14.4 Å². The zero-order valence-corrected chi connectivity index (χ0v) is 13.4. The van der Waals surface area contributed by atoms with E-state index >= 15 is 0 Å². The molecular formula is C16H22F2N2O3. The maximum absolute atomic E-state index is 12.2. The first-order chi connectivity index (χ1) is 11.0. The van der Waals surface area contributed by atoms with E-state index in [2.05, 4.69) is 4.74 Å². The number of carbonyl (C=O) groups is 1. The number of ether oxygens (including phenoxy) is 2. The second-order valence-corrected chi connectivity index (χ2v) is 5.64. The third-order valence-corrected chi connectivity index (χ3v) is 3.89. The lowest BCUT2D eigenvalue weighted by Gasteiger charge is -2.21. The lowest BCUT2D eigenvalue weighted by atomic mass is 10.2. The molecule has 0 N–H and O–H groups in total. The minimum absolute atomic E-state index is 0.0430. The highest BCUT2D eigenvalue weighted by atomic mass is 19.3. The number of alkyl halides is 2. The number of hydrogen-bond acceptors (Lipinski definition) is 4. The zero-order valence-electron chi connectivity index (χ0n) is 13.4. The van der Waals surface area contributed by atoms with Crippen LogP contribution in [0.25, 0.3) is 0 Å². The SMILES string of the molecule is COc1ccc(CN(C)C(=O)CN2CC[C@H](OC(F)F)C2)cc1. The van der Waals surface area contributed by atoms with Crippen LogP contribution < -0.4 is 4.74 Å². The fraction of sp³-hybridized carbons (Fsp3) is 0.562. The molecule has 0 aliphatic carbocycles. The number of rotatable bonds is 7. The Hall–Kier alpha value is -1.73. The fourth-order valence-corrected chi connectivity index (χ4v) is 2.60. The minimum Gasteiger partial charge on any atom is -0.497 e. The molecule has 1 aliphatic rings. The second kappa shape index (κ2) is 8.21. The topological polar surface area (TPSA) is 42.0 Å². The molecule has 1 fully saturated rings. The van der Waals surface area contributed by atoms with Gasteiger partial charge in [-0.15, -0.1) is 0 Å². The number of carbonyl (C=O) groups excluding carboxylic acids is 1. The molecule has 0 unspecified atom stereocenters. The number of nitrogens with zero attached hydrogens (tertiary/aromatic N) is 2. The molecule has 1 atom stereocenters. The Kier molecular flexibility index (Phi) is 6.29. The molecule has 0 saturated carbocycles. The van der Waals surface area contributed by atoms with Gasteiger partial charge in [-0.2, -0.15) is 8.78 Å². The fourth-order valence-electron chi connectivity index (χ4n) is 2.60. The van der Waals surface area contributed by atoms with Crippen molar-refractivity contribution in [3.63, 3.8) is 0 Å². The van der Waals surface area contributed by atoms with E-state index in [4.69, 9.17) is 4.74 Å². The summed E-state index contributed by atoms with van der Waals surface area (Å²) in [7, 11) is 3.33. The van der Waals surface area contributed by atoms with E-state index in [-0.39, 0.29) is 12.5 Å². The van der Waals surface area contributed by atoms with Crippen LogP contribution in [0.15, 0.2) is 24.3 Å². The molecule has 23 heavy (non-hydrogen) atoms. The van der Waals surface area contributed by atoms with Gasteiger partial charge in [0.05, 0.1) is 19.8 Å². The van der Waals surface area contributed by atoms with Crippen molar-refractivity contribution in [2.45, 2.75) is 25.7 Å². The van der Waals surface area contributed by atoms with Crippen LogP contribution in [0.1, 0.15) is 12.0 Å². The van der Waals surface area contributed by atoms with Gasteiger partial charge >= 0.3 is 6.61 Å². The van der Waals surface area contributed by atoms with Crippen molar-refractivity contribution in [1.82, 2.24) is 9.80 Å². The first-order valence-corrected chi connectivity index (χ1v) is 7.51. The summed E-state index contributed by atoms with van der Waals surface area (Å²) in [6.45, 7) is -1.08. The van der Waals surface area contributed by atoms with Crippen LogP contribution in [0, 0.1) is 0 Å². The molecule has 1 amide bonds. The van der Waals surface area contributed by atoms with Crippen molar-refractivity contribution >= 4 is 5.91 Å². The molecular weight excluding hydrogens is 306 g/mol. The highest BCUT2D eigenvalue weighted by Gasteiger charge is 2.27. The third-order valence-electron chi connectivity index (χ3n) is 3.89. The molecule has 7 heteroatoms. The Labute approximate surface area is 134 Å². The Morgan fingerprint density at radius 3 is 2.70 bits per heavy atom. The first-order valence-electron chi connectivity index (χ1n) is 7.51. The summed E-state index contributed by atoms with van der Waals surface area (Å²) in [5, 5.41) is 0. The Balaban J connectivity index is 1.78. The Morgan fingerprint density at radius 1 is 1.39 bits per heavy atom. The standard InChI is InChI=1S/C16H22F2N2O3/c1-19(9-12-3-5-13(22-2)6-4-12)15(21)11-20-8-7-14(10-20)23-16(17)18/h3-6,14,16H,7-11H2,1-2H3/t14-/m0/s1. The van der Waals surface area contributed by atoms with Gasteiger partial charge in [0.15, 0.2) is 0 Å². The molecule has 5 nitrogen and oxygen atoms in total. The van der Waals surface area contributed by atoms with Gasteiger partial charge in [-0.25, -0.2) is 0 Å². The van der Waals surface area contributed by atoms with E-state index in [0.717, 1.165) is 11.3 Å². The molecule has 0 bridgehead atoms. The summed E-state index contributed by atoms with van der Waals surface area (Å²) >= 11 is 0. The lowest BCUT2D eigenvalue weighted by Crippen LogP contribution is -2.37. The molecule has 2 rings (SSSR count). The van der Waals surface area contributed by atoms with Crippen molar-refractivity contribution < 1.29 is 23.0 Å².